The number of hydrogen-bond donors (Lipinski definition) is 0. The van der Waals surface area contributed by atoms with E-state index in [0.29, 0.717) is 13.0 Å². The Morgan fingerprint density at radius 3 is 3.00 bits per heavy atom. The summed E-state index contributed by atoms with van der Waals surface area (Å²) < 4.78 is 17.8. The lowest BCUT2D eigenvalue weighted by molar-refractivity contribution is 0.386. The van der Waals surface area contributed by atoms with Crippen LogP contribution in [0.4, 0.5) is 4.39 Å². The molecular weight excluding hydrogens is 185 g/mol. The molecule has 0 saturated heterocycles. The van der Waals surface area contributed by atoms with Gasteiger partial charge in [0.25, 0.3) is 0 Å². The van der Waals surface area contributed by atoms with Gasteiger partial charge in [0.1, 0.15) is 0 Å². The fourth-order valence-electron chi connectivity index (χ4n) is 1.08. The maximum Gasteiger partial charge on any atom is 0.165 e. The highest BCUT2D eigenvalue weighted by Crippen LogP contribution is 2.18. The van der Waals surface area contributed by atoms with Crippen LogP contribution >= 0.6 is 0 Å². The molecule has 0 unspecified atom stereocenters. The normalized spacial score (nSPS) is 9.29. The molecule has 4 nitrogen and oxygen atoms in total. The van der Waals surface area contributed by atoms with Crippen LogP contribution in [0, 0.1) is 5.82 Å². The minimum Gasteiger partial charge on any atom is -0.494 e. The molecule has 1 rings (SSSR count). The standard InChI is InChI=1S/C9H10FN3O/c1-14-9-6-7(2-3-8(9)10)4-5-12-13-11/h2-3,6H,4-5H2,1H3. The molecule has 0 saturated carbocycles. The van der Waals surface area contributed by atoms with Crippen LogP contribution in [-0.4, -0.2) is 13.7 Å². The lowest BCUT2D eigenvalue weighted by Gasteiger charge is -2.03. The van der Waals surface area contributed by atoms with Crippen molar-refractivity contribution in [3.63, 3.8) is 0 Å². The van der Waals surface area contributed by atoms with Gasteiger partial charge in [0.15, 0.2) is 11.6 Å². The molecule has 5 heteroatoms. The molecular formula is C9H10FN3O. The van der Waals surface area contributed by atoms with Crippen LogP contribution in [0.2, 0.25) is 0 Å². The van der Waals surface area contributed by atoms with E-state index < -0.39 is 0 Å². The molecule has 0 fully saturated rings. The Morgan fingerprint density at radius 2 is 2.36 bits per heavy atom. The van der Waals surface area contributed by atoms with Crippen LogP contribution in [0.25, 0.3) is 10.4 Å². The van der Waals surface area contributed by atoms with Gasteiger partial charge in [0, 0.05) is 11.5 Å². The number of halogens is 1. The Morgan fingerprint density at radius 1 is 1.57 bits per heavy atom. The van der Waals surface area contributed by atoms with Gasteiger partial charge >= 0.3 is 0 Å². The Labute approximate surface area is 80.9 Å². The summed E-state index contributed by atoms with van der Waals surface area (Å²) in [5.41, 5.74) is 8.95. The Kier molecular flexibility index (Phi) is 3.76. The van der Waals surface area contributed by atoms with Crippen LogP contribution in [0.3, 0.4) is 0 Å². The van der Waals surface area contributed by atoms with Crippen molar-refractivity contribution >= 4 is 0 Å². The highest BCUT2D eigenvalue weighted by molar-refractivity contribution is 5.30. The molecule has 0 aliphatic heterocycles. The summed E-state index contributed by atoms with van der Waals surface area (Å²) in [5, 5.41) is 3.39. The van der Waals surface area contributed by atoms with E-state index in [2.05, 4.69) is 10.0 Å². The van der Waals surface area contributed by atoms with Crippen LogP contribution in [-0.2, 0) is 6.42 Å². The maximum absolute atomic E-state index is 13.0. The van der Waals surface area contributed by atoms with Gasteiger partial charge in [-0.1, -0.05) is 11.2 Å². The van der Waals surface area contributed by atoms with Crippen molar-refractivity contribution in [2.75, 3.05) is 13.7 Å². The third-order valence-electron chi connectivity index (χ3n) is 1.78. The Hall–Kier alpha value is -1.74. The highest BCUT2D eigenvalue weighted by Gasteiger charge is 2.02. The number of nitrogens with zero attached hydrogens (tertiary/aromatic N) is 3. The van der Waals surface area contributed by atoms with Crippen molar-refractivity contribution in [1.29, 1.82) is 0 Å². The average Bonchev–Trinajstić information content (AvgIpc) is 2.21. The van der Waals surface area contributed by atoms with E-state index in [-0.39, 0.29) is 11.6 Å². The number of methoxy groups -OCH3 is 1. The van der Waals surface area contributed by atoms with E-state index in [9.17, 15) is 4.39 Å². The molecule has 0 aliphatic rings. The Bertz CT molecular complexity index is 361. The van der Waals surface area contributed by atoms with E-state index in [1.807, 2.05) is 0 Å². The molecule has 0 heterocycles. The van der Waals surface area contributed by atoms with E-state index >= 15 is 0 Å². The summed E-state index contributed by atoms with van der Waals surface area (Å²) in [5.74, 6) is -0.177. The molecule has 0 amide bonds. The second-order valence-electron chi connectivity index (χ2n) is 2.67. The lowest BCUT2D eigenvalue weighted by atomic mass is 10.1. The fourth-order valence-corrected chi connectivity index (χ4v) is 1.08. The van der Waals surface area contributed by atoms with Gasteiger partial charge in [0.2, 0.25) is 0 Å². The molecule has 14 heavy (non-hydrogen) atoms. The van der Waals surface area contributed by atoms with Crippen molar-refractivity contribution < 1.29 is 9.13 Å². The number of rotatable bonds is 4. The zero-order valence-electron chi connectivity index (χ0n) is 7.77. The SMILES string of the molecule is COc1cc(CCN=[N+]=[N-])ccc1F. The monoisotopic (exact) mass is 195 g/mol. The maximum atomic E-state index is 13.0. The topological polar surface area (TPSA) is 58.0 Å². The van der Waals surface area contributed by atoms with Crippen LogP contribution in [0.5, 0.6) is 5.75 Å². The summed E-state index contributed by atoms with van der Waals surface area (Å²) in [6.07, 6.45) is 0.584. The van der Waals surface area contributed by atoms with Gasteiger partial charge in [-0.05, 0) is 29.6 Å². The van der Waals surface area contributed by atoms with Gasteiger partial charge in [-0.2, -0.15) is 0 Å². The molecule has 0 bridgehead atoms. The molecule has 0 aliphatic carbocycles. The average molecular weight is 195 g/mol. The first-order chi connectivity index (χ1) is 6.77. The first-order valence-electron chi connectivity index (χ1n) is 4.11. The van der Waals surface area contributed by atoms with Gasteiger partial charge in [-0.3, -0.25) is 0 Å². The number of hydrogen-bond acceptors (Lipinski definition) is 2. The number of azide groups is 1. The van der Waals surface area contributed by atoms with Gasteiger partial charge < -0.3 is 4.74 Å². The fraction of sp³-hybridized carbons (Fsp3) is 0.333. The molecule has 0 radical (unpaired) electrons. The minimum absolute atomic E-state index is 0.212. The largest absolute Gasteiger partial charge is 0.494 e. The first kappa shape index (κ1) is 10.3. The van der Waals surface area contributed by atoms with Crippen molar-refractivity contribution in [3.05, 3.63) is 40.0 Å². The summed E-state index contributed by atoms with van der Waals surface area (Å²) in [6, 6.07) is 4.58. The van der Waals surface area contributed by atoms with Crippen LogP contribution < -0.4 is 4.74 Å². The molecule has 0 atom stereocenters. The molecule has 0 N–H and O–H groups in total. The lowest BCUT2D eigenvalue weighted by Crippen LogP contribution is -1.93. The van der Waals surface area contributed by atoms with Crippen molar-refractivity contribution in [1.82, 2.24) is 0 Å². The van der Waals surface area contributed by atoms with E-state index in [0.717, 1.165) is 5.56 Å². The van der Waals surface area contributed by atoms with Crippen molar-refractivity contribution in [2.45, 2.75) is 6.42 Å². The highest BCUT2D eigenvalue weighted by atomic mass is 19.1. The summed E-state index contributed by atoms with van der Waals surface area (Å²) in [7, 11) is 1.41. The number of ether oxygens (including phenoxy) is 1. The predicted molar refractivity (Wildman–Crippen MR) is 50.7 cm³/mol. The summed E-state index contributed by atoms with van der Waals surface area (Å²) in [4.78, 5) is 2.63. The van der Waals surface area contributed by atoms with Crippen molar-refractivity contribution in [3.8, 4) is 5.75 Å². The summed E-state index contributed by atoms with van der Waals surface area (Å²) >= 11 is 0. The molecule has 1 aromatic rings. The van der Waals surface area contributed by atoms with Gasteiger partial charge in [-0.25, -0.2) is 4.39 Å². The first-order valence-corrected chi connectivity index (χ1v) is 4.11. The summed E-state index contributed by atoms with van der Waals surface area (Å²) in [6.45, 7) is 0.366. The van der Waals surface area contributed by atoms with Crippen molar-refractivity contribution in [2.24, 2.45) is 5.11 Å². The molecule has 1 aromatic carbocycles. The quantitative estimate of drug-likeness (QED) is 0.414. The van der Waals surface area contributed by atoms with Crippen LogP contribution in [0.15, 0.2) is 23.3 Å². The minimum atomic E-state index is -0.389. The van der Waals surface area contributed by atoms with Gasteiger partial charge in [0.05, 0.1) is 7.11 Å². The zero-order valence-corrected chi connectivity index (χ0v) is 7.77. The molecule has 74 valence electrons. The third kappa shape index (κ3) is 2.64. The van der Waals surface area contributed by atoms with E-state index in [1.54, 1.807) is 12.1 Å². The Balaban J connectivity index is 2.73. The number of benzene rings is 1. The van der Waals surface area contributed by atoms with E-state index in [1.165, 1.54) is 13.2 Å². The van der Waals surface area contributed by atoms with Gasteiger partial charge in [-0.15, -0.1) is 0 Å². The second kappa shape index (κ2) is 5.09. The van der Waals surface area contributed by atoms with E-state index in [4.69, 9.17) is 10.3 Å². The second-order valence-corrected chi connectivity index (χ2v) is 2.67. The smallest absolute Gasteiger partial charge is 0.165 e. The zero-order chi connectivity index (χ0) is 10.4. The third-order valence-corrected chi connectivity index (χ3v) is 1.78. The van der Waals surface area contributed by atoms with Crippen LogP contribution in [0.1, 0.15) is 5.56 Å². The molecule has 0 spiro atoms. The molecule has 0 aromatic heterocycles. The predicted octanol–water partition coefficient (Wildman–Crippen LogP) is 2.69.